The molecule has 2 aromatic rings. The van der Waals surface area contributed by atoms with Gasteiger partial charge in [-0.3, -0.25) is 9.59 Å². The van der Waals surface area contributed by atoms with Crippen molar-refractivity contribution in [3.8, 4) is 5.75 Å². The van der Waals surface area contributed by atoms with Crippen LogP contribution in [0.2, 0.25) is 5.02 Å². The van der Waals surface area contributed by atoms with Crippen molar-refractivity contribution < 1.29 is 14.3 Å². The minimum atomic E-state index is -1.27. The molecule has 2 aromatic carbocycles. The van der Waals surface area contributed by atoms with Crippen LogP contribution in [0.5, 0.6) is 5.75 Å². The maximum atomic E-state index is 12.6. The van der Waals surface area contributed by atoms with Gasteiger partial charge in [0.15, 0.2) is 0 Å². The van der Waals surface area contributed by atoms with Gasteiger partial charge in [0.05, 0.1) is 7.11 Å². The fourth-order valence-corrected chi connectivity index (χ4v) is 2.36. The van der Waals surface area contributed by atoms with Crippen LogP contribution in [0.3, 0.4) is 0 Å². The number of nitrogens with one attached hydrogen (secondary N) is 2. The number of anilines is 2. The quantitative estimate of drug-likeness (QED) is 0.783. The minimum Gasteiger partial charge on any atom is -0.497 e. The molecule has 0 atom stereocenters. The molecule has 0 aliphatic heterocycles. The summed E-state index contributed by atoms with van der Waals surface area (Å²) in [6.45, 7) is 4.98. The lowest BCUT2D eigenvalue weighted by Crippen LogP contribution is -2.41. The molecule has 0 saturated heterocycles. The zero-order chi connectivity index (χ0) is 18.6. The van der Waals surface area contributed by atoms with Gasteiger partial charge < -0.3 is 15.4 Å². The highest BCUT2D eigenvalue weighted by molar-refractivity contribution is 6.30. The van der Waals surface area contributed by atoms with Crippen LogP contribution in [-0.4, -0.2) is 18.9 Å². The Kier molecular flexibility index (Phi) is 5.69. The Labute approximate surface area is 152 Å². The standard InChI is InChI=1S/C19H21ClN2O3/c1-12-10-13(20)8-9-16(12)22-18(24)19(2,3)17(23)21-14-6-5-7-15(11-14)25-4/h5-11H,1-4H3,(H,21,23)(H,22,24). The molecule has 6 heteroatoms. The van der Waals surface area contributed by atoms with Crippen LogP contribution in [0.25, 0.3) is 0 Å². The van der Waals surface area contributed by atoms with E-state index < -0.39 is 17.2 Å². The number of aryl methyl sites for hydroxylation is 1. The Bertz CT molecular complexity index is 803. The molecule has 0 fully saturated rings. The summed E-state index contributed by atoms with van der Waals surface area (Å²) >= 11 is 5.92. The first-order chi connectivity index (χ1) is 11.7. The van der Waals surface area contributed by atoms with Crippen LogP contribution in [0.4, 0.5) is 11.4 Å². The lowest BCUT2D eigenvalue weighted by atomic mass is 9.90. The lowest BCUT2D eigenvalue weighted by molar-refractivity contribution is -0.135. The smallest absolute Gasteiger partial charge is 0.239 e. The molecule has 5 nitrogen and oxygen atoms in total. The number of carbonyl (C=O) groups is 2. The van der Waals surface area contributed by atoms with E-state index in [1.165, 1.54) is 0 Å². The highest BCUT2D eigenvalue weighted by Gasteiger charge is 2.36. The summed E-state index contributed by atoms with van der Waals surface area (Å²) in [4.78, 5) is 25.2. The van der Waals surface area contributed by atoms with Gasteiger partial charge in [-0.1, -0.05) is 17.7 Å². The molecule has 132 valence electrons. The van der Waals surface area contributed by atoms with Gasteiger partial charge in [-0.25, -0.2) is 0 Å². The summed E-state index contributed by atoms with van der Waals surface area (Å²) in [6.07, 6.45) is 0. The van der Waals surface area contributed by atoms with Crippen LogP contribution in [0.1, 0.15) is 19.4 Å². The van der Waals surface area contributed by atoms with E-state index in [1.807, 2.05) is 6.92 Å². The van der Waals surface area contributed by atoms with E-state index in [0.29, 0.717) is 22.1 Å². The number of hydrogen-bond donors (Lipinski definition) is 2. The Hall–Kier alpha value is -2.53. The van der Waals surface area contributed by atoms with E-state index in [1.54, 1.807) is 63.4 Å². The Morgan fingerprint density at radius 3 is 2.36 bits per heavy atom. The summed E-state index contributed by atoms with van der Waals surface area (Å²) in [7, 11) is 1.55. The fourth-order valence-electron chi connectivity index (χ4n) is 2.14. The van der Waals surface area contributed by atoms with Gasteiger partial charge in [0, 0.05) is 22.5 Å². The van der Waals surface area contributed by atoms with Crippen molar-refractivity contribution >= 4 is 34.8 Å². The van der Waals surface area contributed by atoms with E-state index in [-0.39, 0.29) is 0 Å². The zero-order valence-electron chi connectivity index (χ0n) is 14.6. The molecule has 0 bridgehead atoms. The summed E-state index contributed by atoms with van der Waals surface area (Å²) in [6, 6.07) is 12.1. The van der Waals surface area contributed by atoms with Crippen molar-refractivity contribution in [2.45, 2.75) is 20.8 Å². The SMILES string of the molecule is COc1cccc(NC(=O)C(C)(C)C(=O)Nc2ccc(Cl)cc2C)c1. The molecule has 0 aliphatic rings. The number of hydrogen-bond acceptors (Lipinski definition) is 3. The van der Waals surface area contributed by atoms with E-state index in [9.17, 15) is 9.59 Å². The van der Waals surface area contributed by atoms with Gasteiger partial charge in [0.2, 0.25) is 11.8 Å². The number of carbonyl (C=O) groups excluding carboxylic acids is 2. The largest absolute Gasteiger partial charge is 0.497 e. The predicted molar refractivity (Wildman–Crippen MR) is 100 cm³/mol. The van der Waals surface area contributed by atoms with Crippen molar-refractivity contribution in [3.05, 3.63) is 53.1 Å². The Balaban J connectivity index is 2.12. The summed E-state index contributed by atoms with van der Waals surface area (Å²) in [5.74, 6) is -0.194. The molecule has 0 spiro atoms. The maximum absolute atomic E-state index is 12.6. The van der Waals surface area contributed by atoms with E-state index in [0.717, 1.165) is 5.56 Å². The monoisotopic (exact) mass is 360 g/mol. The van der Waals surface area contributed by atoms with Crippen LogP contribution in [0, 0.1) is 12.3 Å². The van der Waals surface area contributed by atoms with Crippen molar-refractivity contribution in [1.82, 2.24) is 0 Å². The van der Waals surface area contributed by atoms with E-state index in [2.05, 4.69) is 10.6 Å². The number of ether oxygens (including phenoxy) is 1. The average Bonchev–Trinajstić information content (AvgIpc) is 2.57. The minimum absolute atomic E-state index is 0.404. The first-order valence-electron chi connectivity index (χ1n) is 7.77. The Morgan fingerprint density at radius 2 is 1.72 bits per heavy atom. The average molecular weight is 361 g/mol. The van der Waals surface area contributed by atoms with Gasteiger partial charge in [0.1, 0.15) is 11.2 Å². The second-order valence-corrected chi connectivity index (χ2v) is 6.66. The summed E-state index contributed by atoms with van der Waals surface area (Å²) in [5, 5.41) is 6.12. The van der Waals surface area contributed by atoms with Crippen LogP contribution in [-0.2, 0) is 9.59 Å². The molecular formula is C19H21ClN2O3. The number of amides is 2. The Morgan fingerprint density at radius 1 is 1.04 bits per heavy atom. The predicted octanol–water partition coefficient (Wildman–Crippen LogP) is 4.26. The van der Waals surface area contributed by atoms with Crippen molar-refractivity contribution in [2.75, 3.05) is 17.7 Å². The van der Waals surface area contributed by atoms with Crippen molar-refractivity contribution in [2.24, 2.45) is 5.41 Å². The van der Waals surface area contributed by atoms with Gasteiger partial charge >= 0.3 is 0 Å². The molecule has 2 N–H and O–H groups in total. The van der Waals surface area contributed by atoms with Gasteiger partial charge in [-0.15, -0.1) is 0 Å². The maximum Gasteiger partial charge on any atom is 0.239 e. The normalized spacial score (nSPS) is 10.9. The van der Waals surface area contributed by atoms with Crippen LogP contribution < -0.4 is 15.4 Å². The molecule has 0 heterocycles. The third kappa shape index (κ3) is 4.51. The molecule has 2 amide bonds. The second-order valence-electron chi connectivity index (χ2n) is 6.22. The van der Waals surface area contributed by atoms with E-state index >= 15 is 0 Å². The number of rotatable bonds is 5. The second kappa shape index (κ2) is 7.57. The zero-order valence-corrected chi connectivity index (χ0v) is 15.4. The van der Waals surface area contributed by atoms with Crippen molar-refractivity contribution in [1.29, 1.82) is 0 Å². The molecule has 0 aliphatic carbocycles. The van der Waals surface area contributed by atoms with Gasteiger partial charge in [-0.2, -0.15) is 0 Å². The highest BCUT2D eigenvalue weighted by Crippen LogP contribution is 2.25. The third-order valence-corrected chi connectivity index (χ3v) is 4.13. The summed E-state index contributed by atoms with van der Waals surface area (Å²) in [5.41, 5.74) is 0.740. The van der Waals surface area contributed by atoms with Gasteiger partial charge in [0.25, 0.3) is 0 Å². The molecule has 0 saturated carbocycles. The molecule has 0 unspecified atom stereocenters. The fraction of sp³-hybridized carbons (Fsp3) is 0.263. The molecule has 2 rings (SSSR count). The topological polar surface area (TPSA) is 67.4 Å². The number of methoxy groups -OCH3 is 1. The molecule has 0 aromatic heterocycles. The lowest BCUT2D eigenvalue weighted by Gasteiger charge is -2.23. The van der Waals surface area contributed by atoms with Gasteiger partial charge in [-0.05, 0) is 56.7 Å². The van der Waals surface area contributed by atoms with Crippen LogP contribution in [0.15, 0.2) is 42.5 Å². The summed E-state index contributed by atoms with van der Waals surface area (Å²) < 4.78 is 5.13. The highest BCUT2D eigenvalue weighted by atomic mass is 35.5. The van der Waals surface area contributed by atoms with Crippen LogP contribution >= 0.6 is 11.6 Å². The van der Waals surface area contributed by atoms with Crippen molar-refractivity contribution in [3.63, 3.8) is 0 Å². The number of halogens is 1. The first-order valence-corrected chi connectivity index (χ1v) is 8.15. The number of benzene rings is 2. The first kappa shape index (κ1) is 18.8. The molecular weight excluding hydrogens is 340 g/mol. The molecule has 0 radical (unpaired) electrons. The molecule has 25 heavy (non-hydrogen) atoms. The van der Waals surface area contributed by atoms with E-state index in [4.69, 9.17) is 16.3 Å². The third-order valence-electron chi connectivity index (χ3n) is 3.90.